The van der Waals surface area contributed by atoms with Gasteiger partial charge in [0.15, 0.2) is 0 Å². The zero-order chi connectivity index (χ0) is 19.0. The molecule has 1 atom stereocenters. The Bertz CT molecular complexity index is 724. The van der Waals surface area contributed by atoms with Crippen molar-refractivity contribution in [3.63, 3.8) is 0 Å². The minimum Gasteiger partial charge on any atom is -0.384 e. The van der Waals surface area contributed by atoms with E-state index in [1.807, 2.05) is 11.8 Å². The lowest BCUT2D eigenvalue weighted by atomic mass is 9.73. The molecule has 0 bridgehead atoms. The SMILES string of the molecule is Cc1cc(N)n(CC(=O)N2CCC[C@]3(CCC(=O)N(C4CCCC4)C3)C2)n1. The number of amides is 2. The molecule has 4 rings (SSSR count). The summed E-state index contributed by atoms with van der Waals surface area (Å²) in [6, 6.07) is 2.21. The third kappa shape index (κ3) is 3.69. The lowest BCUT2D eigenvalue weighted by Crippen LogP contribution is -2.57. The standard InChI is InChI=1S/C20H31N5O2/c1-15-11-17(21)25(22-15)12-19(27)23-10-4-8-20(13-23)9-7-18(26)24(14-20)16-5-2-3-6-16/h11,16H,2-10,12-14,21H2,1H3/t20-/m0/s1. The second kappa shape index (κ2) is 7.17. The number of hydrogen-bond donors (Lipinski definition) is 1. The summed E-state index contributed by atoms with van der Waals surface area (Å²) in [6.45, 7) is 4.44. The lowest BCUT2D eigenvalue weighted by molar-refractivity contribution is -0.145. The third-order valence-electron chi connectivity index (χ3n) is 6.69. The molecule has 1 saturated carbocycles. The van der Waals surface area contributed by atoms with Gasteiger partial charge >= 0.3 is 0 Å². The van der Waals surface area contributed by atoms with E-state index in [0.717, 1.165) is 57.4 Å². The van der Waals surface area contributed by atoms with Crippen LogP contribution in [-0.2, 0) is 16.1 Å². The normalized spacial score (nSPS) is 26.9. The van der Waals surface area contributed by atoms with Crippen molar-refractivity contribution in [2.45, 2.75) is 70.9 Å². The first kappa shape index (κ1) is 18.3. The molecule has 1 aromatic heterocycles. The molecule has 1 aliphatic carbocycles. The quantitative estimate of drug-likeness (QED) is 0.878. The minimum atomic E-state index is 0.0655. The van der Waals surface area contributed by atoms with Crippen LogP contribution >= 0.6 is 0 Å². The first-order chi connectivity index (χ1) is 13.0. The molecule has 2 aliphatic heterocycles. The Morgan fingerprint density at radius 2 is 2.04 bits per heavy atom. The molecule has 0 radical (unpaired) electrons. The highest BCUT2D eigenvalue weighted by molar-refractivity contribution is 5.78. The summed E-state index contributed by atoms with van der Waals surface area (Å²) < 4.78 is 1.59. The van der Waals surface area contributed by atoms with Crippen LogP contribution in [-0.4, -0.2) is 57.1 Å². The fraction of sp³-hybridized carbons (Fsp3) is 0.750. The molecule has 3 fully saturated rings. The van der Waals surface area contributed by atoms with Gasteiger partial charge in [-0.1, -0.05) is 12.8 Å². The van der Waals surface area contributed by atoms with E-state index in [0.29, 0.717) is 24.2 Å². The van der Waals surface area contributed by atoms with Crippen molar-refractivity contribution < 1.29 is 9.59 Å². The van der Waals surface area contributed by atoms with E-state index < -0.39 is 0 Å². The molecule has 1 aromatic rings. The van der Waals surface area contributed by atoms with Crippen molar-refractivity contribution in [2.75, 3.05) is 25.4 Å². The largest absolute Gasteiger partial charge is 0.384 e. The van der Waals surface area contributed by atoms with E-state index in [4.69, 9.17) is 5.73 Å². The molecule has 2 N–H and O–H groups in total. The van der Waals surface area contributed by atoms with E-state index in [2.05, 4.69) is 10.00 Å². The number of nitrogen functional groups attached to an aromatic ring is 1. The van der Waals surface area contributed by atoms with Crippen molar-refractivity contribution in [1.82, 2.24) is 19.6 Å². The molecule has 2 amide bonds. The van der Waals surface area contributed by atoms with Crippen LogP contribution in [0.2, 0.25) is 0 Å². The number of aromatic nitrogens is 2. The fourth-order valence-electron chi connectivity index (χ4n) is 5.27. The number of nitrogens with zero attached hydrogens (tertiary/aromatic N) is 4. The maximum Gasteiger partial charge on any atom is 0.244 e. The highest BCUT2D eigenvalue weighted by atomic mass is 16.2. The Morgan fingerprint density at radius 1 is 1.26 bits per heavy atom. The summed E-state index contributed by atoms with van der Waals surface area (Å²) in [4.78, 5) is 29.5. The van der Waals surface area contributed by atoms with Crippen LogP contribution in [0.15, 0.2) is 6.07 Å². The van der Waals surface area contributed by atoms with Crippen LogP contribution in [0.5, 0.6) is 0 Å². The van der Waals surface area contributed by atoms with Gasteiger partial charge in [-0.05, 0) is 39.0 Å². The van der Waals surface area contributed by atoms with Crippen LogP contribution in [0, 0.1) is 12.3 Å². The Morgan fingerprint density at radius 3 is 2.74 bits per heavy atom. The zero-order valence-corrected chi connectivity index (χ0v) is 16.3. The van der Waals surface area contributed by atoms with E-state index >= 15 is 0 Å². The third-order valence-corrected chi connectivity index (χ3v) is 6.69. The molecular weight excluding hydrogens is 342 g/mol. The number of carbonyl (C=O) groups is 2. The van der Waals surface area contributed by atoms with E-state index in [9.17, 15) is 9.59 Å². The van der Waals surface area contributed by atoms with Crippen LogP contribution in [0.3, 0.4) is 0 Å². The average Bonchev–Trinajstić information content (AvgIpc) is 3.28. The maximum absolute atomic E-state index is 12.9. The monoisotopic (exact) mass is 373 g/mol. The van der Waals surface area contributed by atoms with Crippen LogP contribution < -0.4 is 5.73 Å². The number of piperidine rings is 2. The maximum atomic E-state index is 12.9. The summed E-state index contributed by atoms with van der Waals surface area (Å²) in [6.07, 6.45) is 8.40. The van der Waals surface area contributed by atoms with Crippen molar-refractivity contribution in [1.29, 1.82) is 0 Å². The lowest BCUT2D eigenvalue weighted by Gasteiger charge is -2.49. The van der Waals surface area contributed by atoms with Crippen molar-refractivity contribution >= 4 is 17.6 Å². The summed E-state index contributed by atoms with van der Waals surface area (Å²) in [7, 11) is 0. The van der Waals surface area contributed by atoms with E-state index in [1.54, 1.807) is 10.7 Å². The number of aryl methyl sites for hydroxylation is 1. The number of nitrogens with two attached hydrogens (primary N) is 1. The molecule has 27 heavy (non-hydrogen) atoms. The van der Waals surface area contributed by atoms with E-state index in [-0.39, 0.29) is 17.9 Å². The highest BCUT2D eigenvalue weighted by Crippen LogP contribution is 2.41. The molecule has 0 aromatic carbocycles. The van der Waals surface area contributed by atoms with Gasteiger partial charge in [-0.3, -0.25) is 9.59 Å². The molecule has 7 nitrogen and oxygen atoms in total. The minimum absolute atomic E-state index is 0.0655. The average molecular weight is 374 g/mol. The van der Waals surface area contributed by atoms with Crippen LogP contribution in [0.1, 0.15) is 57.1 Å². The van der Waals surface area contributed by atoms with Gasteiger partial charge < -0.3 is 15.5 Å². The van der Waals surface area contributed by atoms with Gasteiger partial charge in [-0.15, -0.1) is 0 Å². The molecule has 2 saturated heterocycles. The number of carbonyl (C=O) groups excluding carboxylic acids is 2. The Hall–Kier alpha value is -2.05. The van der Waals surface area contributed by atoms with Gasteiger partial charge in [0.25, 0.3) is 0 Å². The summed E-state index contributed by atoms with van der Waals surface area (Å²) >= 11 is 0. The van der Waals surface area contributed by atoms with Crippen molar-refractivity contribution in [3.8, 4) is 0 Å². The summed E-state index contributed by atoms with van der Waals surface area (Å²) in [5, 5.41) is 4.31. The Labute approximate surface area is 160 Å². The second-order valence-electron chi connectivity index (χ2n) is 8.75. The molecular formula is C20H31N5O2. The molecule has 3 aliphatic rings. The number of rotatable bonds is 3. The summed E-state index contributed by atoms with van der Waals surface area (Å²) in [5.74, 6) is 0.923. The van der Waals surface area contributed by atoms with Gasteiger partial charge in [-0.2, -0.15) is 5.10 Å². The van der Waals surface area contributed by atoms with E-state index in [1.165, 1.54) is 12.8 Å². The number of likely N-dealkylation sites (tertiary alicyclic amines) is 2. The predicted molar refractivity (Wildman–Crippen MR) is 103 cm³/mol. The first-order valence-corrected chi connectivity index (χ1v) is 10.3. The van der Waals surface area contributed by atoms with Crippen molar-refractivity contribution in [2.24, 2.45) is 5.41 Å². The van der Waals surface area contributed by atoms with Crippen molar-refractivity contribution in [3.05, 3.63) is 11.8 Å². The Balaban J connectivity index is 1.44. The Kier molecular flexibility index (Phi) is 4.86. The molecule has 0 unspecified atom stereocenters. The topological polar surface area (TPSA) is 84.5 Å². The molecule has 3 heterocycles. The van der Waals surface area contributed by atoms with Crippen LogP contribution in [0.4, 0.5) is 5.82 Å². The zero-order valence-electron chi connectivity index (χ0n) is 16.3. The highest BCUT2D eigenvalue weighted by Gasteiger charge is 2.44. The predicted octanol–water partition coefficient (Wildman–Crippen LogP) is 1.95. The smallest absolute Gasteiger partial charge is 0.244 e. The number of hydrogen-bond acceptors (Lipinski definition) is 4. The number of anilines is 1. The van der Waals surface area contributed by atoms with Gasteiger partial charge in [0.2, 0.25) is 11.8 Å². The van der Waals surface area contributed by atoms with Gasteiger partial charge in [0.1, 0.15) is 12.4 Å². The summed E-state index contributed by atoms with van der Waals surface area (Å²) in [5.41, 5.74) is 6.84. The molecule has 148 valence electrons. The molecule has 1 spiro atoms. The van der Waals surface area contributed by atoms with Gasteiger partial charge in [-0.25, -0.2) is 4.68 Å². The fourth-order valence-corrected chi connectivity index (χ4v) is 5.27. The molecule has 7 heteroatoms. The second-order valence-corrected chi connectivity index (χ2v) is 8.75. The van der Waals surface area contributed by atoms with Gasteiger partial charge in [0.05, 0.1) is 5.69 Å². The van der Waals surface area contributed by atoms with Gasteiger partial charge in [0, 0.05) is 43.6 Å². The van der Waals surface area contributed by atoms with Crippen LogP contribution in [0.25, 0.3) is 0 Å². The first-order valence-electron chi connectivity index (χ1n) is 10.3.